The molecule has 0 aromatic carbocycles. The smallest absolute Gasteiger partial charge is 0.317 e. The lowest BCUT2D eigenvalue weighted by molar-refractivity contribution is -0.174. The number of hydrogen-bond donors (Lipinski definition) is 3. The number of carbonyl (C=O) groups excluding carboxylic acids is 2. The highest BCUT2D eigenvalue weighted by Crippen LogP contribution is 2.78. The molecule has 8 unspecified atom stereocenters. The van der Waals surface area contributed by atoms with Crippen molar-refractivity contribution in [3.8, 4) is 0 Å². The average Bonchev–Trinajstić information content (AvgIpc) is 3.48. The van der Waals surface area contributed by atoms with Gasteiger partial charge in [0.2, 0.25) is 0 Å². The van der Waals surface area contributed by atoms with E-state index in [1.807, 2.05) is 37.8 Å². The molecule has 3 fully saturated rings. The zero-order chi connectivity index (χ0) is 30.3. The third kappa shape index (κ3) is 4.01. The molecule has 0 aliphatic heterocycles. The molecule has 0 saturated heterocycles. The van der Waals surface area contributed by atoms with Crippen LogP contribution in [0, 0.1) is 40.4 Å². The van der Waals surface area contributed by atoms with Gasteiger partial charge in [0.05, 0.1) is 23.1 Å². The molecular formula is C35H50N2O4S. The quantitative estimate of drug-likeness (QED) is 0.243. The van der Waals surface area contributed by atoms with Gasteiger partial charge in [0.25, 0.3) is 0 Å². The van der Waals surface area contributed by atoms with Crippen LogP contribution >= 0.6 is 11.3 Å². The predicted octanol–water partition coefficient (Wildman–Crippen LogP) is 6.66. The monoisotopic (exact) mass is 594 g/mol. The minimum Gasteiger partial charge on any atom is -0.393 e. The summed E-state index contributed by atoms with van der Waals surface area (Å²) < 4.78 is 0. The fourth-order valence-electron chi connectivity index (χ4n) is 10.5. The molecule has 0 radical (unpaired) electrons. The maximum absolute atomic E-state index is 14.5. The Kier molecular flexibility index (Phi) is 7.19. The van der Waals surface area contributed by atoms with Crippen LogP contribution in [0.2, 0.25) is 0 Å². The van der Waals surface area contributed by atoms with Crippen molar-refractivity contribution >= 4 is 23.2 Å². The van der Waals surface area contributed by atoms with Crippen LogP contribution in [-0.4, -0.2) is 57.8 Å². The van der Waals surface area contributed by atoms with E-state index >= 15 is 0 Å². The predicted molar refractivity (Wildman–Crippen MR) is 167 cm³/mol. The maximum atomic E-state index is 14.5. The number of amides is 2. The highest BCUT2D eigenvalue weighted by Gasteiger charge is 2.74. The summed E-state index contributed by atoms with van der Waals surface area (Å²) in [5.41, 5.74) is -1.46. The SMILES string of the molecule is CCCN(CC1(O)CCC2C34C=CC5(C=C3C(=O)c3ccc(C)s3)CC(O)CCC5(C)C4CCC21C)C(=O)NC(C)C. The van der Waals surface area contributed by atoms with E-state index in [4.69, 9.17) is 0 Å². The van der Waals surface area contributed by atoms with E-state index in [1.165, 1.54) is 0 Å². The van der Waals surface area contributed by atoms with Gasteiger partial charge in [0.1, 0.15) is 0 Å². The minimum atomic E-state index is -1.04. The van der Waals surface area contributed by atoms with E-state index in [0.29, 0.717) is 25.9 Å². The number of aryl methyl sites for hydroxylation is 1. The summed E-state index contributed by atoms with van der Waals surface area (Å²) in [5.74, 6) is 0.469. The van der Waals surface area contributed by atoms with Crippen LogP contribution in [0.4, 0.5) is 4.79 Å². The van der Waals surface area contributed by atoms with Gasteiger partial charge in [-0.25, -0.2) is 4.79 Å². The highest BCUT2D eigenvalue weighted by atomic mass is 32.1. The van der Waals surface area contributed by atoms with Crippen LogP contribution in [0.3, 0.4) is 0 Å². The molecule has 6 aliphatic carbocycles. The molecule has 6 aliphatic rings. The molecule has 2 bridgehead atoms. The largest absolute Gasteiger partial charge is 0.393 e. The Balaban J connectivity index is 1.45. The van der Waals surface area contributed by atoms with Crippen molar-refractivity contribution in [3.63, 3.8) is 0 Å². The maximum Gasteiger partial charge on any atom is 0.317 e. The Labute approximate surface area is 255 Å². The highest BCUT2D eigenvalue weighted by molar-refractivity contribution is 7.14. The van der Waals surface area contributed by atoms with Gasteiger partial charge in [-0.1, -0.05) is 39.0 Å². The molecule has 3 saturated carbocycles. The Morgan fingerprint density at radius 2 is 1.76 bits per heavy atom. The van der Waals surface area contributed by atoms with Crippen molar-refractivity contribution in [1.82, 2.24) is 10.2 Å². The van der Waals surface area contributed by atoms with Crippen molar-refractivity contribution in [3.05, 3.63) is 45.7 Å². The van der Waals surface area contributed by atoms with E-state index in [1.54, 1.807) is 11.3 Å². The van der Waals surface area contributed by atoms with Gasteiger partial charge in [-0.2, -0.15) is 0 Å². The van der Waals surface area contributed by atoms with E-state index in [2.05, 4.69) is 44.3 Å². The van der Waals surface area contributed by atoms with Gasteiger partial charge >= 0.3 is 6.03 Å². The van der Waals surface area contributed by atoms with Crippen molar-refractivity contribution in [1.29, 1.82) is 0 Å². The third-order valence-electron chi connectivity index (χ3n) is 12.6. The zero-order valence-electron chi connectivity index (χ0n) is 26.3. The van der Waals surface area contributed by atoms with Crippen LogP contribution in [0.5, 0.6) is 0 Å². The van der Waals surface area contributed by atoms with Gasteiger partial charge < -0.3 is 20.4 Å². The first kappa shape index (κ1) is 30.1. The summed E-state index contributed by atoms with van der Waals surface area (Å²) >= 11 is 1.56. The summed E-state index contributed by atoms with van der Waals surface area (Å²) in [6.07, 6.45) is 13.1. The number of carbonyl (C=O) groups is 2. The van der Waals surface area contributed by atoms with E-state index < -0.39 is 16.4 Å². The molecule has 2 spiro atoms. The number of aliphatic hydroxyl groups is 2. The van der Waals surface area contributed by atoms with Gasteiger partial charge in [-0.05, 0) is 102 Å². The van der Waals surface area contributed by atoms with Gasteiger partial charge in [0, 0.05) is 39.3 Å². The normalized spacial score (nSPS) is 41.6. The number of rotatable bonds is 7. The first-order valence-electron chi connectivity index (χ1n) is 16.3. The fraction of sp³-hybridized carbons (Fsp3) is 0.714. The lowest BCUT2D eigenvalue weighted by Gasteiger charge is -2.71. The molecule has 8 atom stereocenters. The molecule has 1 heterocycles. The number of nitrogens with one attached hydrogen (secondary N) is 1. The summed E-state index contributed by atoms with van der Waals surface area (Å²) in [5, 5.41) is 26.6. The average molecular weight is 595 g/mol. The molecule has 3 N–H and O–H groups in total. The molecule has 2 amide bonds. The molecule has 1 aromatic rings. The summed E-state index contributed by atoms with van der Waals surface area (Å²) in [4.78, 5) is 31.5. The number of fused-ring (bicyclic) bond motifs is 1. The van der Waals surface area contributed by atoms with Crippen molar-refractivity contribution < 1.29 is 19.8 Å². The molecule has 42 heavy (non-hydrogen) atoms. The Morgan fingerprint density at radius 1 is 1.07 bits per heavy atom. The number of urea groups is 1. The van der Waals surface area contributed by atoms with Crippen LogP contribution in [0.25, 0.3) is 0 Å². The summed E-state index contributed by atoms with van der Waals surface area (Å²) in [6.45, 7) is 13.6. The number of aliphatic hydroxyl groups excluding tert-OH is 1. The lowest BCUT2D eigenvalue weighted by atomic mass is 9.32. The molecular weight excluding hydrogens is 544 g/mol. The number of allylic oxidation sites excluding steroid dienone is 4. The fourth-order valence-corrected chi connectivity index (χ4v) is 11.3. The van der Waals surface area contributed by atoms with E-state index in [-0.39, 0.29) is 46.6 Å². The molecule has 6 nitrogen and oxygen atoms in total. The second kappa shape index (κ2) is 10.0. The Hall–Kier alpha value is -1.96. The van der Waals surface area contributed by atoms with Gasteiger partial charge in [0.15, 0.2) is 5.78 Å². The van der Waals surface area contributed by atoms with Crippen LogP contribution < -0.4 is 5.32 Å². The molecule has 7 heteroatoms. The standard InChI is InChI=1S/C35H50N2O4S/c1-7-18-37(30(40)36-22(2)3)21-34(41)15-12-28-32(34,6)14-11-27-31(5)13-10-24(38)19-33(31)16-17-35(27,28)25(20-33)29(39)26-9-8-23(4)42-26/h8-9,16-17,20,22,24,27-28,38,41H,7,10-15,18-19,21H2,1-6H3,(H,36,40). The van der Waals surface area contributed by atoms with Gasteiger partial charge in [-0.3, -0.25) is 4.79 Å². The van der Waals surface area contributed by atoms with Crippen molar-refractivity contribution in [2.45, 2.75) is 111 Å². The first-order chi connectivity index (χ1) is 19.8. The van der Waals surface area contributed by atoms with E-state index in [9.17, 15) is 19.8 Å². The lowest BCUT2D eigenvalue weighted by Crippen LogP contribution is -2.67. The molecule has 230 valence electrons. The Morgan fingerprint density at radius 3 is 2.43 bits per heavy atom. The van der Waals surface area contributed by atoms with Crippen molar-refractivity contribution in [2.75, 3.05) is 13.1 Å². The number of Topliss-reactive ketones (excluding diaryl/α,β-unsaturated/α-hetero) is 1. The second-order valence-electron chi connectivity index (χ2n) is 15.1. The second-order valence-corrected chi connectivity index (χ2v) is 16.4. The molecule has 1 aromatic heterocycles. The number of thiophene rings is 1. The van der Waals surface area contributed by atoms with Gasteiger partial charge in [-0.15, -0.1) is 11.3 Å². The zero-order valence-corrected chi connectivity index (χ0v) is 27.2. The first-order valence-corrected chi connectivity index (χ1v) is 17.1. The number of nitrogens with zero attached hydrogens (tertiary/aromatic N) is 1. The summed E-state index contributed by atoms with van der Waals surface area (Å²) in [7, 11) is 0. The number of ketones is 1. The van der Waals surface area contributed by atoms with Crippen molar-refractivity contribution in [2.24, 2.45) is 33.5 Å². The number of hydrogen-bond acceptors (Lipinski definition) is 5. The van der Waals surface area contributed by atoms with Crippen LogP contribution in [-0.2, 0) is 0 Å². The van der Waals surface area contributed by atoms with E-state index in [0.717, 1.165) is 53.9 Å². The Bertz CT molecular complexity index is 1330. The summed E-state index contributed by atoms with van der Waals surface area (Å²) in [6, 6.07) is 3.91. The molecule has 7 rings (SSSR count). The third-order valence-corrected chi connectivity index (χ3v) is 13.6. The van der Waals surface area contributed by atoms with Crippen LogP contribution in [0.1, 0.15) is 101 Å². The topological polar surface area (TPSA) is 89.9 Å². The van der Waals surface area contributed by atoms with Crippen LogP contribution in [0.15, 0.2) is 35.9 Å². The minimum absolute atomic E-state index is 0.0250.